The van der Waals surface area contributed by atoms with Gasteiger partial charge in [-0.05, 0) is 64.1 Å². The minimum Gasteiger partial charge on any atom is -0.453 e. The third kappa shape index (κ3) is 7.67. The average molecular weight is 564 g/mol. The van der Waals surface area contributed by atoms with Crippen molar-refractivity contribution in [3.8, 4) is 11.5 Å². The quantitative estimate of drug-likeness (QED) is 0.211. The summed E-state index contributed by atoms with van der Waals surface area (Å²) in [6, 6.07) is 16.1. The lowest BCUT2D eigenvalue weighted by molar-refractivity contribution is 0.0635. The first kappa shape index (κ1) is 28.3. The van der Waals surface area contributed by atoms with Crippen molar-refractivity contribution < 1.29 is 23.5 Å². The highest BCUT2D eigenvalue weighted by Crippen LogP contribution is 2.33. The first-order valence-electron chi connectivity index (χ1n) is 12.2. The van der Waals surface area contributed by atoms with Gasteiger partial charge in [0.05, 0.1) is 11.8 Å². The smallest absolute Gasteiger partial charge is 0.413 e. The van der Waals surface area contributed by atoms with Gasteiger partial charge in [-0.1, -0.05) is 29.3 Å². The second kappa shape index (κ2) is 12.0. The Morgan fingerprint density at radius 2 is 1.65 bits per heavy atom. The molecule has 0 atom stereocenters. The highest BCUT2D eigenvalue weighted by Gasteiger charge is 2.18. The van der Waals surface area contributed by atoms with Crippen LogP contribution in [0.25, 0.3) is 0 Å². The van der Waals surface area contributed by atoms with E-state index in [9.17, 15) is 9.59 Å². The van der Waals surface area contributed by atoms with Crippen LogP contribution in [-0.2, 0) is 4.74 Å². The van der Waals surface area contributed by atoms with Crippen molar-refractivity contribution in [2.24, 2.45) is 0 Å². The summed E-state index contributed by atoms with van der Waals surface area (Å²) >= 11 is 6.18. The molecule has 0 unspecified atom stereocenters. The lowest BCUT2D eigenvalue weighted by atomic mass is 10.2. The highest BCUT2D eigenvalue weighted by atomic mass is 35.5. The van der Waals surface area contributed by atoms with Gasteiger partial charge in [0.15, 0.2) is 17.3 Å². The Labute approximate surface area is 235 Å². The number of ether oxygens (including phenoxy) is 2. The van der Waals surface area contributed by atoms with E-state index in [4.69, 9.17) is 21.1 Å². The minimum atomic E-state index is -0.712. The van der Waals surface area contributed by atoms with Crippen molar-refractivity contribution in [1.29, 1.82) is 0 Å². The maximum Gasteiger partial charge on any atom is 0.413 e. The van der Waals surface area contributed by atoms with Crippen LogP contribution < -0.4 is 20.7 Å². The summed E-state index contributed by atoms with van der Waals surface area (Å²) in [5, 5.41) is 8.39. The molecule has 0 saturated heterocycles. The molecule has 2 amide bonds. The molecule has 11 heteroatoms. The van der Waals surface area contributed by atoms with Crippen molar-refractivity contribution in [2.45, 2.75) is 33.3 Å². The molecule has 4 aromatic rings. The molecule has 4 rings (SSSR count). The van der Waals surface area contributed by atoms with E-state index < -0.39 is 17.5 Å². The van der Waals surface area contributed by atoms with Gasteiger partial charge in [-0.2, -0.15) is 0 Å². The topological polar surface area (TPSA) is 114 Å². The second-order valence-corrected chi connectivity index (χ2v) is 10.1. The first-order chi connectivity index (χ1) is 19.0. The van der Waals surface area contributed by atoms with Crippen LogP contribution in [0.5, 0.6) is 11.5 Å². The van der Waals surface area contributed by atoms with Crippen LogP contribution in [0.2, 0.25) is 5.02 Å². The predicted molar refractivity (Wildman–Crippen MR) is 152 cm³/mol. The van der Waals surface area contributed by atoms with Crippen LogP contribution in [-0.4, -0.2) is 27.6 Å². The number of carbonyl (C=O) groups excluding carboxylic acids is 2. The SMILES string of the molecule is Cc1ccc(NC(=O)c2cccnc2Nc2ccc(Oc3cc(NC(=O)OC(C)(C)C)ncc3Cl)c(F)c2)cc1. The second-order valence-electron chi connectivity index (χ2n) is 9.72. The summed E-state index contributed by atoms with van der Waals surface area (Å²) in [6.45, 7) is 7.14. The highest BCUT2D eigenvalue weighted by molar-refractivity contribution is 6.32. The summed E-state index contributed by atoms with van der Waals surface area (Å²) in [7, 11) is 0. The van der Waals surface area contributed by atoms with Crippen LogP contribution in [0.1, 0.15) is 36.7 Å². The number of pyridine rings is 2. The number of amides is 2. The number of nitrogens with zero attached hydrogens (tertiary/aromatic N) is 2. The number of aromatic nitrogens is 2. The number of hydrogen-bond donors (Lipinski definition) is 3. The standard InChI is InChI=1S/C29H27ClFN5O4/c1-17-7-9-18(10-8-17)35-27(37)20-6-5-13-32-26(20)34-19-11-12-23(22(31)14-19)39-24-15-25(33-16-21(24)30)36-28(38)40-29(2,3)4/h5-16H,1-4H3,(H,32,34)(H,35,37)(H,33,36,38). The van der Waals surface area contributed by atoms with E-state index in [-0.39, 0.29) is 39.6 Å². The molecular formula is C29H27ClFN5O4. The maximum absolute atomic E-state index is 15.0. The summed E-state index contributed by atoms with van der Waals surface area (Å²) in [6.07, 6.45) is 2.07. The lowest BCUT2D eigenvalue weighted by Gasteiger charge is -2.19. The molecule has 2 aromatic heterocycles. The van der Waals surface area contributed by atoms with Crippen molar-refractivity contribution in [3.63, 3.8) is 0 Å². The van der Waals surface area contributed by atoms with Gasteiger partial charge in [-0.25, -0.2) is 19.2 Å². The summed E-state index contributed by atoms with van der Waals surface area (Å²) in [5.74, 6) is -0.777. The molecule has 0 bridgehead atoms. The number of carbonyl (C=O) groups is 2. The number of anilines is 4. The number of aryl methyl sites for hydroxylation is 1. The largest absolute Gasteiger partial charge is 0.453 e. The van der Waals surface area contributed by atoms with Gasteiger partial charge in [-0.3, -0.25) is 10.1 Å². The van der Waals surface area contributed by atoms with E-state index >= 15 is 4.39 Å². The summed E-state index contributed by atoms with van der Waals surface area (Å²) < 4.78 is 25.9. The zero-order chi connectivity index (χ0) is 28.9. The van der Waals surface area contributed by atoms with Gasteiger partial charge in [0.2, 0.25) is 0 Å². The van der Waals surface area contributed by atoms with Crippen molar-refractivity contribution >= 4 is 46.6 Å². The van der Waals surface area contributed by atoms with E-state index in [0.29, 0.717) is 11.4 Å². The Bertz CT molecular complexity index is 1540. The fourth-order valence-electron chi connectivity index (χ4n) is 3.41. The molecule has 0 aliphatic heterocycles. The molecule has 2 aromatic carbocycles. The molecule has 2 heterocycles. The lowest BCUT2D eigenvalue weighted by Crippen LogP contribution is -2.27. The third-order valence-corrected chi connectivity index (χ3v) is 5.51. The van der Waals surface area contributed by atoms with Crippen LogP contribution in [0, 0.1) is 12.7 Å². The van der Waals surface area contributed by atoms with Gasteiger partial charge in [0.25, 0.3) is 5.91 Å². The van der Waals surface area contributed by atoms with E-state index in [1.165, 1.54) is 30.6 Å². The summed E-state index contributed by atoms with van der Waals surface area (Å²) in [4.78, 5) is 33.2. The Kier molecular flexibility index (Phi) is 8.49. The number of halogens is 2. The maximum atomic E-state index is 15.0. The van der Waals surface area contributed by atoms with Crippen molar-refractivity contribution in [3.05, 3.63) is 95.0 Å². The van der Waals surface area contributed by atoms with Crippen LogP contribution >= 0.6 is 11.6 Å². The minimum absolute atomic E-state index is 0.0714. The predicted octanol–water partition coefficient (Wildman–Crippen LogP) is 7.71. The van der Waals surface area contributed by atoms with Crippen LogP contribution in [0.4, 0.5) is 32.2 Å². The molecule has 40 heavy (non-hydrogen) atoms. The number of nitrogens with one attached hydrogen (secondary N) is 3. The normalized spacial score (nSPS) is 10.9. The molecule has 0 saturated carbocycles. The zero-order valence-electron chi connectivity index (χ0n) is 22.2. The number of benzene rings is 2. The monoisotopic (exact) mass is 563 g/mol. The zero-order valence-corrected chi connectivity index (χ0v) is 23.0. The Balaban J connectivity index is 1.47. The fourth-order valence-corrected chi connectivity index (χ4v) is 3.56. The fraction of sp³-hybridized carbons (Fsp3) is 0.172. The van der Waals surface area contributed by atoms with Gasteiger partial charge in [0.1, 0.15) is 22.3 Å². The average Bonchev–Trinajstić information content (AvgIpc) is 2.88. The van der Waals surface area contributed by atoms with E-state index in [2.05, 4.69) is 25.9 Å². The Morgan fingerprint density at radius 1 is 0.925 bits per heavy atom. The van der Waals surface area contributed by atoms with E-state index in [1.807, 2.05) is 19.1 Å². The van der Waals surface area contributed by atoms with Crippen molar-refractivity contribution in [2.75, 3.05) is 16.0 Å². The molecule has 3 N–H and O–H groups in total. The van der Waals surface area contributed by atoms with Gasteiger partial charge in [0, 0.05) is 29.7 Å². The molecule has 9 nitrogen and oxygen atoms in total. The molecule has 206 valence electrons. The van der Waals surface area contributed by atoms with Gasteiger partial charge < -0.3 is 20.1 Å². The van der Waals surface area contributed by atoms with Gasteiger partial charge in [-0.15, -0.1) is 0 Å². The van der Waals surface area contributed by atoms with E-state index in [0.717, 1.165) is 5.56 Å². The Morgan fingerprint density at radius 3 is 2.35 bits per heavy atom. The van der Waals surface area contributed by atoms with Gasteiger partial charge >= 0.3 is 6.09 Å². The molecule has 0 fully saturated rings. The summed E-state index contributed by atoms with van der Waals surface area (Å²) in [5.41, 5.74) is 1.62. The third-order valence-electron chi connectivity index (χ3n) is 5.23. The molecule has 0 aliphatic carbocycles. The molecular weight excluding hydrogens is 537 g/mol. The van der Waals surface area contributed by atoms with Crippen molar-refractivity contribution in [1.82, 2.24) is 9.97 Å². The number of rotatable bonds is 7. The van der Waals surface area contributed by atoms with Crippen LogP contribution in [0.15, 0.2) is 73.1 Å². The van der Waals surface area contributed by atoms with E-state index in [1.54, 1.807) is 51.1 Å². The number of hydrogen-bond acceptors (Lipinski definition) is 7. The first-order valence-corrected chi connectivity index (χ1v) is 12.6. The molecule has 0 aliphatic rings. The molecule has 0 radical (unpaired) electrons. The van der Waals surface area contributed by atoms with Crippen LogP contribution in [0.3, 0.4) is 0 Å². The molecule has 0 spiro atoms. The Hall–Kier alpha value is -4.70.